The van der Waals surface area contributed by atoms with Crippen LogP contribution in [0.15, 0.2) is 24.3 Å². The molecule has 420 valence electrons. The summed E-state index contributed by atoms with van der Waals surface area (Å²) in [6.45, 7) is 4.94. The molecule has 0 aromatic carbocycles. The van der Waals surface area contributed by atoms with Crippen molar-refractivity contribution in [1.82, 2.24) is 5.32 Å². The Morgan fingerprint density at radius 2 is 0.662 bits per heavy atom. The lowest BCUT2D eigenvalue weighted by Gasteiger charge is -2.22. The average Bonchev–Trinajstić information content (AvgIpc) is 3.37. The number of carbonyl (C=O) groups is 2. The standard InChI is InChI=1S/C65H125NO5/c1-3-5-7-9-11-13-14-15-16-33-36-39-43-47-51-55-59-65(70)71-60-56-52-48-44-40-37-34-31-29-27-25-23-21-19-17-18-20-22-24-26-28-30-32-35-38-42-46-50-54-58-64(69)66-62(61-67)63(68)57-53-49-45-41-12-10-8-6-4-2/h16-17,19,33,62-63,67-68H,3-15,18,20-32,34-61H2,1-2H3,(H,66,69)/b19-17-,33-16-. The van der Waals surface area contributed by atoms with Gasteiger partial charge >= 0.3 is 5.97 Å². The Balaban J connectivity index is 3.33. The molecule has 0 spiro atoms. The molecule has 6 heteroatoms. The SMILES string of the molecule is CCCCCCCCC/C=C\CCCCCCCC(=O)OCCCCCCCCCCCCCC/C=C\CCCCCCCCCCCCCCCC(=O)NC(CO)C(O)CCCCCCCCCCC. The highest BCUT2D eigenvalue weighted by Gasteiger charge is 2.20. The van der Waals surface area contributed by atoms with E-state index in [0.29, 0.717) is 25.9 Å². The van der Waals surface area contributed by atoms with Gasteiger partial charge in [-0.15, -0.1) is 0 Å². The summed E-state index contributed by atoms with van der Waals surface area (Å²) in [5.74, 6) is -0.0262. The Bertz CT molecular complexity index is 1110. The fraction of sp³-hybridized carbons (Fsp3) is 0.908. The van der Waals surface area contributed by atoms with Gasteiger partial charge in [-0.3, -0.25) is 9.59 Å². The first-order valence-electron chi connectivity index (χ1n) is 32.1. The molecule has 0 aliphatic rings. The molecule has 6 nitrogen and oxygen atoms in total. The zero-order valence-electron chi connectivity index (χ0n) is 48.0. The zero-order valence-corrected chi connectivity index (χ0v) is 48.0. The molecule has 3 N–H and O–H groups in total. The number of hydrogen-bond donors (Lipinski definition) is 3. The van der Waals surface area contributed by atoms with Crippen LogP contribution in [0.1, 0.15) is 354 Å². The van der Waals surface area contributed by atoms with Gasteiger partial charge in [-0.2, -0.15) is 0 Å². The molecule has 0 saturated heterocycles. The van der Waals surface area contributed by atoms with Gasteiger partial charge in [0.1, 0.15) is 0 Å². The van der Waals surface area contributed by atoms with Crippen LogP contribution in [0.25, 0.3) is 0 Å². The molecule has 0 aliphatic heterocycles. The minimum absolute atomic E-state index is 0.00934. The van der Waals surface area contributed by atoms with E-state index >= 15 is 0 Å². The lowest BCUT2D eigenvalue weighted by atomic mass is 10.0. The summed E-state index contributed by atoms with van der Waals surface area (Å²) in [4.78, 5) is 24.5. The van der Waals surface area contributed by atoms with Crippen molar-refractivity contribution in [1.29, 1.82) is 0 Å². The van der Waals surface area contributed by atoms with Crippen molar-refractivity contribution in [2.45, 2.75) is 366 Å². The quantitative estimate of drug-likeness (QED) is 0.0320. The first-order valence-corrected chi connectivity index (χ1v) is 32.1. The van der Waals surface area contributed by atoms with Crippen LogP contribution in [0.4, 0.5) is 0 Å². The van der Waals surface area contributed by atoms with E-state index in [-0.39, 0.29) is 18.5 Å². The second kappa shape index (κ2) is 60.9. The van der Waals surface area contributed by atoms with E-state index in [2.05, 4.69) is 43.5 Å². The molecule has 0 bridgehead atoms. The summed E-state index contributed by atoms with van der Waals surface area (Å²) >= 11 is 0. The third-order valence-electron chi connectivity index (χ3n) is 15.0. The topological polar surface area (TPSA) is 95.9 Å². The van der Waals surface area contributed by atoms with Crippen molar-refractivity contribution in [2.24, 2.45) is 0 Å². The zero-order chi connectivity index (χ0) is 51.4. The number of ether oxygens (including phenoxy) is 1. The minimum atomic E-state index is -0.661. The molecule has 0 aliphatic carbocycles. The third-order valence-corrected chi connectivity index (χ3v) is 15.0. The van der Waals surface area contributed by atoms with E-state index in [0.717, 1.165) is 44.9 Å². The lowest BCUT2D eigenvalue weighted by Crippen LogP contribution is -2.45. The number of unbranched alkanes of at least 4 members (excludes halogenated alkanes) is 45. The molecule has 0 aromatic rings. The maximum atomic E-state index is 12.4. The molecule has 0 aromatic heterocycles. The first-order chi connectivity index (χ1) is 35.0. The molecule has 2 atom stereocenters. The Morgan fingerprint density at radius 1 is 0.380 bits per heavy atom. The lowest BCUT2D eigenvalue weighted by molar-refractivity contribution is -0.143. The van der Waals surface area contributed by atoms with Crippen LogP contribution in [0, 0.1) is 0 Å². The number of carbonyl (C=O) groups excluding carboxylic acids is 2. The van der Waals surface area contributed by atoms with E-state index in [1.807, 2.05) is 0 Å². The predicted molar refractivity (Wildman–Crippen MR) is 310 cm³/mol. The van der Waals surface area contributed by atoms with Crippen LogP contribution in [0.3, 0.4) is 0 Å². The van der Waals surface area contributed by atoms with Crippen LogP contribution in [-0.4, -0.2) is 47.4 Å². The van der Waals surface area contributed by atoms with Crippen LogP contribution in [0.5, 0.6) is 0 Å². The van der Waals surface area contributed by atoms with Crippen molar-refractivity contribution in [3.8, 4) is 0 Å². The predicted octanol–water partition coefficient (Wildman–Crippen LogP) is 20.2. The Kier molecular flexibility index (Phi) is 59.5. The fourth-order valence-electron chi connectivity index (χ4n) is 10.0. The molecule has 1 amide bonds. The van der Waals surface area contributed by atoms with Crippen molar-refractivity contribution in [2.75, 3.05) is 13.2 Å². The largest absolute Gasteiger partial charge is 0.466 e. The Morgan fingerprint density at radius 3 is 1.00 bits per heavy atom. The van der Waals surface area contributed by atoms with E-state index in [1.54, 1.807) is 0 Å². The van der Waals surface area contributed by atoms with Crippen LogP contribution >= 0.6 is 0 Å². The Labute approximate surface area is 443 Å². The average molecular weight is 1000 g/mol. The van der Waals surface area contributed by atoms with Crippen molar-refractivity contribution < 1.29 is 24.5 Å². The van der Waals surface area contributed by atoms with E-state index in [4.69, 9.17) is 4.74 Å². The summed E-state index contributed by atoms with van der Waals surface area (Å²) in [6, 6.07) is -0.538. The molecular weight excluding hydrogens is 875 g/mol. The van der Waals surface area contributed by atoms with E-state index < -0.39 is 12.1 Å². The minimum Gasteiger partial charge on any atom is -0.466 e. The van der Waals surface area contributed by atoms with Gasteiger partial charge in [0.25, 0.3) is 0 Å². The van der Waals surface area contributed by atoms with Gasteiger partial charge in [0.05, 0.1) is 25.4 Å². The van der Waals surface area contributed by atoms with Gasteiger partial charge < -0.3 is 20.3 Å². The highest BCUT2D eigenvalue weighted by Crippen LogP contribution is 2.18. The summed E-state index contributed by atoms with van der Waals surface area (Å²) in [7, 11) is 0. The van der Waals surface area contributed by atoms with Crippen molar-refractivity contribution in [3.05, 3.63) is 24.3 Å². The highest BCUT2D eigenvalue weighted by atomic mass is 16.5. The van der Waals surface area contributed by atoms with E-state index in [9.17, 15) is 19.8 Å². The summed E-state index contributed by atoms with van der Waals surface area (Å²) in [5, 5.41) is 23.1. The molecule has 71 heavy (non-hydrogen) atoms. The maximum absolute atomic E-state index is 12.4. The van der Waals surface area contributed by atoms with Gasteiger partial charge in [-0.25, -0.2) is 0 Å². The highest BCUT2D eigenvalue weighted by molar-refractivity contribution is 5.76. The number of nitrogens with one attached hydrogen (secondary N) is 1. The molecule has 0 fully saturated rings. The van der Waals surface area contributed by atoms with Crippen LogP contribution in [0.2, 0.25) is 0 Å². The normalized spacial score (nSPS) is 12.7. The number of aliphatic hydroxyl groups excluding tert-OH is 2. The molecule has 2 unspecified atom stereocenters. The number of amides is 1. The summed E-state index contributed by atoms with van der Waals surface area (Å²) in [6.07, 6.45) is 75.0. The summed E-state index contributed by atoms with van der Waals surface area (Å²) < 4.78 is 5.49. The second-order valence-corrected chi connectivity index (χ2v) is 22.1. The van der Waals surface area contributed by atoms with Gasteiger partial charge in [0, 0.05) is 12.8 Å². The number of hydrogen-bond acceptors (Lipinski definition) is 5. The number of rotatable bonds is 60. The first kappa shape index (κ1) is 69.3. The number of aliphatic hydroxyl groups is 2. The smallest absolute Gasteiger partial charge is 0.305 e. The molecule has 0 rings (SSSR count). The molecular formula is C65H125NO5. The van der Waals surface area contributed by atoms with Gasteiger partial charge in [0.15, 0.2) is 0 Å². The van der Waals surface area contributed by atoms with Crippen LogP contribution in [-0.2, 0) is 14.3 Å². The van der Waals surface area contributed by atoms with Crippen LogP contribution < -0.4 is 5.32 Å². The second-order valence-electron chi connectivity index (χ2n) is 22.1. The summed E-state index contributed by atoms with van der Waals surface area (Å²) in [5.41, 5.74) is 0. The maximum Gasteiger partial charge on any atom is 0.305 e. The molecule has 0 saturated carbocycles. The van der Waals surface area contributed by atoms with E-state index in [1.165, 1.54) is 276 Å². The van der Waals surface area contributed by atoms with Crippen molar-refractivity contribution in [3.63, 3.8) is 0 Å². The monoisotopic (exact) mass is 1000 g/mol. The number of allylic oxidation sites excluding steroid dienone is 4. The molecule has 0 radical (unpaired) electrons. The van der Waals surface area contributed by atoms with Gasteiger partial charge in [0.2, 0.25) is 5.91 Å². The Hall–Kier alpha value is -1.66. The van der Waals surface area contributed by atoms with Gasteiger partial charge in [-0.1, -0.05) is 289 Å². The van der Waals surface area contributed by atoms with Gasteiger partial charge in [-0.05, 0) is 77.0 Å². The third kappa shape index (κ3) is 57.5. The van der Waals surface area contributed by atoms with Crippen molar-refractivity contribution >= 4 is 11.9 Å². The fourth-order valence-corrected chi connectivity index (χ4v) is 10.0. The number of esters is 1. The molecule has 0 heterocycles.